The molecule has 0 aliphatic carbocycles. The van der Waals surface area contributed by atoms with Crippen LogP contribution in [0.2, 0.25) is 5.02 Å². The number of phenolic OH excluding ortho intramolecular Hbond substituents is 1. The monoisotopic (exact) mass is 283 g/mol. The fourth-order valence-corrected chi connectivity index (χ4v) is 2.58. The summed E-state index contributed by atoms with van der Waals surface area (Å²) in [6, 6.07) is 12.1. The van der Waals surface area contributed by atoms with Crippen LogP contribution in [0.3, 0.4) is 0 Å². The van der Waals surface area contributed by atoms with Gasteiger partial charge in [-0.2, -0.15) is 0 Å². The van der Waals surface area contributed by atoms with Crippen LogP contribution in [0.1, 0.15) is 0 Å². The molecule has 0 unspecified atom stereocenters. The lowest BCUT2D eigenvalue weighted by Crippen LogP contribution is -2.12. The molecule has 18 heavy (non-hydrogen) atoms. The Balaban J connectivity index is 2.31. The minimum absolute atomic E-state index is 0.152. The Bertz CT molecular complexity index is 656. The standard InChI is InChI=1S/C12H10ClNO3S/c13-11-7-6-9(8-12(11)15)14-18(16,17)10-4-2-1-3-5-10/h1-8,14-15H. The number of phenols is 1. The third-order valence-electron chi connectivity index (χ3n) is 2.25. The first-order chi connectivity index (χ1) is 8.49. The Morgan fingerprint density at radius 3 is 2.33 bits per heavy atom. The molecule has 94 valence electrons. The maximum absolute atomic E-state index is 12.0. The van der Waals surface area contributed by atoms with Crippen LogP contribution >= 0.6 is 11.6 Å². The number of benzene rings is 2. The summed E-state index contributed by atoms with van der Waals surface area (Å²) in [5.74, 6) is -0.176. The van der Waals surface area contributed by atoms with Crippen molar-refractivity contribution in [2.45, 2.75) is 4.90 Å². The summed E-state index contributed by atoms with van der Waals surface area (Å²) < 4.78 is 26.3. The van der Waals surface area contributed by atoms with Gasteiger partial charge in [0, 0.05) is 6.07 Å². The molecular weight excluding hydrogens is 274 g/mol. The van der Waals surface area contributed by atoms with Gasteiger partial charge in [-0.25, -0.2) is 8.42 Å². The highest BCUT2D eigenvalue weighted by Crippen LogP contribution is 2.27. The molecule has 6 heteroatoms. The molecule has 2 aromatic rings. The van der Waals surface area contributed by atoms with Crippen molar-refractivity contribution in [2.24, 2.45) is 0 Å². The molecule has 0 atom stereocenters. The Morgan fingerprint density at radius 1 is 1.06 bits per heavy atom. The van der Waals surface area contributed by atoms with E-state index in [0.717, 1.165) is 0 Å². The quantitative estimate of drug-likeness (QED) is 0.910. The van der Waals surface area contributed by atoms with Crippen LogP contribution < -0.4 is 4.72 Å². The second-order valence-electron chi connectivity index (χ2n) is 3.58. The van der Waals surface area contributed by atoms with Crippen LogP contribution in [0, 0.1) is 0 Å². The lowest BCUT2D eigenvalue weighted by Gasteiger charge is -2.08. The van der Waals surface area contributed by atoms with Crippen LogP contribution in [0.5, 0.6) is 5.75 Å². The number of rotatable bonds is 3. The van der Waals surface area contributed by atoms with E-state index in [1.54, 1.807) is 18.2 Å². The maximum Gasteiger partial charge on any atom is 0.261 e. The molecule has 0 bridgehead atoms. The minimum Gasteiger partial charge on any atom is -0.506 e. The summed E-state index contributed by atoms with van der Waals surface area (Å²) >= 11 is 5.64. The molecule has 0 aliphatic heterocycles. The van der Waals surface area contributed by atoms with Gasteiger partial charge in [0.2, 0.25) is 0 Å². The van der Waals surface area contributed by atoms with E-state index in [2.05, 4.69) is 4.72 Å². The molecule has 0 amide bonds. The Labute approximate surface area is 110 Å². The van der Waals surface area contributed by atoms with E-state index in [0.29, 0.717) is 0 Å². The molecule has 4 nitrogen and oxygen atoms in total. The topological polar surface area (TPSA) is 66.4 Å². The lowest BCUT2D eigenvalue weighted by atomic mass is 10.3. The van der Waals surface area contributed by atoms with Crippen LogP contribution in [0.15, 0.2) is 53.4 Å². The zero-order chi connectivity index (χ0) is 13.2. The number of hydrogen-bond donors (Lipinski definition) is 2. The molecule has 0 fully saturated rings. The number of aromatic hydroxyl groups is 1. The van der Waals surface area contributed by atoms with Gasteiger partial charge in [0.05, 0.1) is 15.6 Å². The lowest BCUT2D eigenvalue weighted by molar-refractivity contribution is 0.476. The average Bonchev–Trinajstić information content (AvgIpc) is 2.35. The highest BCUT2D eigenvalue weighted by molar-refractivity contribution is 7.92. The van der Waals surface area contributed by atoms with E-state index in [-0.39, 0.29) is 21.4 Å². The van der Waals surface area contributed by atoms with Gasteiger partial charge in [-0.05, 0) is 24.3 Å². The minimum atomic E-state index is -3.65. The average molecular weight is 284 g/mol. The number of halogens is 1. The van der Waals surface area contributed by atoms with E-state index < -0.39 is 10.0 Å². The number of anilines is 1. The van der Waals surface area contributed by atoms with Gasteiger partial charge in [-0.3, -0.25) is 4.72 Å². The van der Waals surface area contributed by atoms with Crippen molar-refractivity contribution in [1.29, 1.82) is 0 Å². The smallest absolute Gasteiger partial charge is 0.261 e. The molecular formula is C12H10ClNO3S. The van der Waals surface area contributed by atoms with Gasteiger partial charge in [-0.1, -0.05) is 29.8 Å². The molecule has 0 saturated heterocycles. The molecule has 2 aromatic carbocycles. The fourth-order valence-electron chi connectivity index (χ4n) is 1.39. The third-order valence-corrected chi connectivity index (χ3v) is 3.97. The first-order valence-electron chi connectivity index (χ1n) is 5.05. The van der Waals surface area contributed by atoms with Gasteiger partial charge >= 0.3 is 0 Å². The second-order valence-corrected chi connectivity index (χ2v) is 5.67. The van der Waals surface area contributed by atoms with Crippen molar-refractivity contribution < 1.29 is 13.5 Å². The van der Waals surface area contributed by atoms with Crippen molar-refractivity contribution >= 4 is 27.3 Å². The second kappa shape index (κ2) is 4.88. The summed E-state index contributed by atoms with van der Waals surface area (Å²) in [6.45, 7) is 0. The van der Waals surface area contributed by atoms with Crippen LogP contribution in [-0.2, 0) is 10.0 Å². The number of nitrogens with one attached hydrogen (secondary N) is 1. The Hall–Kier alpha value is -1.72. The molecule has 0 saturated carbocycles. The normalized spacial score (nSPS) is 11.2. The van der Waals surface area contributed by atoms with Crippen molar-refractivity contribution in [3.05, 3.63) is 53.6 Å². The van der Waals surface area contributed by atoms with E-state index in [9.17, 15) is 13.5 Å². The summed E-state index contributed by atoms with van der Waals surface area (Å²) in [6.07, 6.45) is 0. The highest BCUT2D eigenvalue weighted by atomic mass is 35.5. The van der Waals surface area contributed by atoms with Crippen LogP contribution in [-0.4, -0.2) is 13.5 Å². The van der Waals surface area contributed by atoms with Gasteiger partial charge in [0.25, 0.3) is 10.0 Å². The van der Waals surface area contributed by atoms with Crippen molar-refractivity contribution in [2.75, 3.05) is 4.72 Å². The van der Waals surface area contributed by atoms with Gasteiger partial charge in [0.15, 0.2) is 0 Å². The Kier molecular flexibility index (Phi) is 3.45. The molecule has 2 N–H and O–H groups in total. The summed E-state index contributed by atoms with van der Waals surface area (Å²) in [7, 11) is -3.65. The molecule has 0 spiro atoms. The zero-order valence-electron chi connectivity index (χ0n) is 9.17. The van der Waals surface area contributed by atoms with Gasteiger partial charge < -0.3 is 5.11 Å². The van der Waals surface area contributed by atoms with Crippen molar-refractivity contribution in [3.8, 4) is 5.75 Å². The van der Waals surface area contributed by atoms with Gasteiger partial charge in [0.1, 0.15) is 5.75 Å². The summed E-state index contributed by atoms with van der Waals surface area (Å²) in [4.78, 5) is 0.152. The van der Waals surface area contributed by atoms with Gasteiger partial charge in [-0.15, -0.1) is 0 Å². The summed E-state index contributed by atoms with van der Waals surface area (Å²) in [5.41, 5.74) is 0.251. The maximum atomic E-state index is 12.0. The number of sulfonamides is 1. The largest absolute Gasteiger partial charge is 0.506 e. The van der Waals surface area contributed by atoms with E-state index in [1.807, 2.05) is 0 Å². The first-order valence-corrected chi connectivity index (χ1v) is 6.91. The van der Waals surface area contributed by atoms with Crippen molar-refractivity contribution in [1.82, 2.24) is 0 Å². The van der Waals surface area contributed by atoms with Crippen LogP contribution in [0.4, 0.5) is 5.69 Å². The Morgan fingerprint density at radius 2 is 1.72 bits per heavy atom. The SMILES string of the molecule is O=S(=O)(Nc1ccc(Cl)c(O)c1)c1ccccc1. The zero-order valence-corrected chi connectivity index (χ0v) is 10.7. The molecule has 0 heterocycles. The fraction of sp³-hybridized carbons (Fsp3) is 0. The molecule has 2 rings (SSSR count). The first kappa shape index (κ1) is 12.7. The number of hydrogen-bond acceptors (Lipinski definition) is 3. The highest BCUT2D eigenvalue weighted by Gasteiger charge is 2.13. The predicted molar refractivity (Wildman–Crippen MR) is 70.4 cm³/mol. The van der Waals surface area contributed by atoms with Crippen LogP contribution in [0.25, 0.3) is 0 Å². The van der Waals surface area contributed by atoms with E-state index >= 15 is 0 Å². The molecule has 0 aromatic heterocycles. The van der Waals surface area contributed by atoms with E-state index in [4.69, 9.17) is 11.6 Å². The van der Waals surface area contributed by atoms with E-state index in [1.165, 1.54) is 30.3 Å². The van der Waals surface area contributed by atoms with Crippen molar-refractivity contribution in [3.63, 3.8) is 0 Å². The summed E-state index contributed by atoms with van der Waals surface area (Å²) in [5, 5.41) is 9.57. The molecule has 0 aliphatic rings. The third kappa shape index (κ3) is 2.75. The molecule has 0 radical (unpaired) electrons. The predicted octanol–water partition coefficient (Wildman–Crippen LogP) is 2.85.